The Bertz CT molecular complexity index is 537. The molecule has 7 heteroatoms. The zero-order valence-electron chi connectivity index (χ0n) is 10.4. The highest BCUT2D eigenvalue weighted by atomic mass is 19.4. The third-order valence-corrected chi connectivity index (χ3v) is 2.68. The third-order valence-electron chi connectivity index (χ3n) is 2.68. The molecule has 1 aromatic heterocycles. The highest BCUT2D eigenvalue weighted by Gasteiger charge is 2.24. The van der Waals surface area contributed by atoms with Gasteiger partial charge in [0.1, 0.15) is 5.75 Å². The molecule has 19 heavy (non-hydrogen) atoms. The molecule has 1 aromatic carbocycles. The van der Waals surface area contributed by atoms with Gasteiger partial charge < -0.3 is 17.7 Å². The molecule has 0 unspecified atom stereocenters. The SMILES string of the molecule is Cn1cc(CCOc2ccc([B-](F)(F)F)cc2)cn1. The molecule has 0 aliphatic heterocycles. The fraction of sp³-hybridized carbons (Fsp3) is 0.250. The van der Waals surface area contributed by atoms with E-state index < -0.39 is 12.4 Å². The largest absolute Gasteiger partial charge is 0.509 e. The average Bonchev–Trinajstić information content (AvgIpc) is 2.75. The predicted octanol–water partition coefficient (Wildman–Crippen LogP) is 2.10. The summed E-state index contributed by atoms with van der Waals surface area (Å²) in [6.07, 6.45) is 4.27. The molecular weight excluding hydrogens is 256 g/mol. The number of rotatable bonds is 5. The zero-order valence-corrected chi connectivity index (χ0v) is 10.4. The number of nitrogens with zero attached hydrogens (tertiary/aromatic N) is 2. The van der Waals surface area contributed by atoms with Gasteiger partial charge in [-0.3, -0.25) is 4.68 Å². The maximum Gasteiger partial charge on any atom is 0.509 e. The van der Waals surface area contributed by atoms with E-state index in [-0.39, 0.29) is 0 Å². The van der Waals surface area contributed by atoms with Crippen LogP contribution in [0.1, 0.15) is 5.56 Å². The Hall–Kier alpha value is -1.92. The lowest BCUT2D eigenvalue weighted by molar-refractivity contribution is 0.322. The summed E-state index contributed by atoms with van der Waals surface area (Å²) in [5, 5.41) is 4.02. The zero-order chi connectivity index (χ0) is 13.9. The molecule has 0 aliphatic rings. The van der Waals surface area contributed by atoms with Crippen LogP contribution < -0.4 is 10.2 Å². The van der Waals surface area contributed by atoms with Gasteiger partial charge in [-0.25, -0.2) is 0 Å². The summed E-state index contributed by atoms with van der Waals surface area (Å²) in [4.78, 5) is 0. The maximum absolute atomic E-state index is 12.4. The molecule has 0 radical (unpaired) electrons. The number of aromatic nitrogens is 2. The van der Waals surface area contributed by atoms with Crippen LogP contribution in [0.2, 0.25) is 0 Å². The van der Waals surface area contributed by atoms with E-state index >= 15 is 0 Å². The quantitative estimate of drug-likeness (QED) is 0.777. The Labute approximate surface area is 109 Å². The second-order valence-corrected chi connectivity index (χ2v) is 4.26. The molecule has 1 heterocycles. The van der Waals surface area contributed by atoms with E-state index in [0.717, 1.165) is 17.7 Å². The van der Waals surface area contributed by atoms with E-state index in [0.29, 0.717) is 18.8 Å². The second-order valence-electron chi connectivity index (χ2n) is 4.26. The van der Waals surface area contributed by atoms with Crippen LogP contribution in [0.3, 0.4) is 0 Å². The van der Waals surface area contributed by atoms with E-state index in [4.69, 9.17) is 4.74 Å². The molecule has 0 bridgehead atoms. The summed E-state index contributed by atoms with van der Waals surface area (Å²) in [5.74, 6) is 0.438. The van der Waals surface area contributed by atoms with E-state index in [2.05, 4.69) is 5.10 Å². The van der Waals surface area contributed by atoms with Gasteiger partial charge in [-0.05, 0) is 17.7 Å². The van der Waals surface area contributed by atoms with Crippen molar-refractivity contribution in [3.63, 3.8) is 0 Å². The van der Waals surface area contributed by atoms with E-state index in [1.54, 1.807) is 10.9 Å². The first kappa shape index (κ1) is 13.5. The van der Waals surface area contributed by atoms with Crippen LogP contribution in [0.5, 0.6) is 5.75 Å². The summed E-state index contributed by atoms with van der Waals surface area (Å²) in [7, 11) is 1.82. The maximum atomic E-state index is 12.4. The molecule has 0 fully saturated rings. The van der Waals surface area contributed by atoms with Crippen molar-refractivity contribution in [1.82, 2.24) is 9.78 Å². The summed E-state index contributed by atoms with van der Waals surface area (Å²) in [6.45, 7) is -4.53. The van der Waals surface area contributed by atoms with E-state index in [1.165, 1.54) is 12.1 Å². The van der Waals surface area contributed by atoms with Crippen molar-refractivity contribution in [2.75, 3.05) is 6.61 Å². The number of hydrogen-bond acceptors (Lipinski definition) is 2. The van der Waals surface area contributed by atoms with Gasteiger partial charge in [0.05, 0.1) is 12.8 Å². The van der Waals surface area contributed by atoms with Gasteiger partial charge in [0, 0.05) is 19.7 Å². The number of benzene rings is 1. The molecule has 3 nitrogen and oxygen atoms in total. The minimum absolute atomic E-state index is 0.405. The molecule has 0 N–H and O–H groups in total. The van der Waals surface area contributed by atoms with Crippen LogP contribution in [0.4, 0.5) is 12.9 Å². The molecular formula is C12H13BF3N2O-. The number of halogens is 3. The molecule has 102 valence electrons. The fourth-order valence-corrected chi connectivity index (χ4v) is 1.67. The fourth-order valence-electron chi connectivity index (χ4n) is 1.67. The second kappa shape index (κ2) is 5.38. The van der Waals surface area contributed by atoms with Gasteiger partial charge >= 0.3 is 6.98 Å². The Kier molecular flexibility index (Phi) is 3.83. The minimum Gasteiger partial charge on any atom is -0.493 e. The van der Waals surface area contributed by atoms with Crippen LogP contribution in [0.15, 0.2) is 36.7 Å². The van der Waals surface area contributed by atoms with Gasteiger partial charge in [-0.15, -0.1) is 5.46 Å². The highest BCUT2D eigenvalue weighted by molar-refractivity contribution is 6.73. The standard InChI is InChI=1S/C12H13BF3N2O/c1-18-9-10(8-17-18)6-7-19-12-4-2-11(3-5-12)13(14,15)16/h2-5,8-9H,6-7H2,1H3/q-1. The molecule has 0 saturated heterocycles. The molecule has 0 spiro atoms. The molecule has 0 saturated carbocycles. The smallest absolute Gasteiger partial charge is 0.493 e. The lowest BCUT2D eigenvalue weighted by atomic mass is 9.80. The van der Waals surface area contributed by atoms with Gasteiger partial charge in [0.2, 0.25) is 0 Å². The van der Waals surface area contributed by atoms with Gasteiger partial charge in [-0.2, -0.15) is 5.10 Å². The van der Waals surface area contributed by atoms with E-state index in [1.807, 2.05) is 13.2 Å². The average molecular weight is 269 g/mol. The summed E-state index contributed by atoms with van der Waals surface area (Å²) in [6, 6.07) is 4.76. The van der Waals surface area contributed by atoms with Crippen LogP contribution in [-0.4, -0.2) is 23.4 Å². The number of aryl methyl sites for hydroxylation is 1. The Morgan fingerprint density at radius 3 is 2.42 bits per heavy atom. The van der Waals surface area contributed by atoms with Gasteiger partial charge in [-0.1, -0.05) is 12.1 Å². The lowest BCUT2D eigenvalue weighted by Gasteiger charge is -2.15. The summed E-state index contributed by atoms with van der Waals surface area (Å²) >= 11 is 0. The molecule has 2 rings (SSSR count). The molecule has 0 amide bonds. The highest BCUT2D eigenvalue weighted by Crippen LogP contribution is 2.13. The van der Waals surface area contributed by atoms with Crippen LogP contribution in [0, 0.1) is 0 Å². The van der Waals surface area contributed by atoms with Crippen LogP contribution >= 0.6 is 0 Å². The molecule has 0 atom stereocenters. The van der Waals surface area contributed by atoms with Crippen molar-refractivity contribution >= 4 is 12.4 Å². The first-order valence-corrected chi connectivity index (χ1v) is 5.85. The third kappa shape index (κ3) is 3.77. The topological polar surface area (TPSA) is 27.1 Å². The summed E-state index contributed by atoms with van der Waals surface area (Å²) in [5.41, 5.74) is 0.414. The monoisotopic (exact) mass is 269 g/mol. The molecule has 0 aliphatic carbocycles. The van der Waals surface area contributed by atoms with Crippen LogP contribution in [-0.2, 0) is 13.5 Å². The van der Waals surface area contributed by atoms with Gasteiger partial charge in [0.25, 0.3) is 0 Å². The van der Waals surface area contributed by atoms with E-state index in [9.17, 15) is 12.9 Å². The van der Waals surface area contributed by atoms with Gasteiger partial charge in [0.15, 0.2) is 0 Å². The Morgan fingerprint density at radius 2 is 1.89 bits per heavy atom. The van der Waals surface area contributed by atoms with Crippen LogP contribution in [0.25, 0.3) is 0 Å². The van der Waals surface area contributed by atoms with Crippen molar-refractivity contribution in [3.05, 3.63) is 42.2 Å². The number of hydrogen-bond donors (Lipinski definition) is 0. The Balaban J connectivity index is 1.86. The lowest BCUT2D eigenvalue weighted by Crippen LogP contribution is -2.33. The normalized spacial score (nSPS) is 11.6. The predicted molar refractivity (Wildman–Crippen MR) is 67.6 cm³/mol. The summed E-state index contributed by atoms with van der Waals surface area (Å²) < 4.78 is 44.3. The van der Waals surface area contributed by atoms with Crippen molar-refractivity contribution in [3.8, 4) is 5.75 Å². The minimum atomic E-state index is -4.94. The van der Waals surface area contributed by atoms with Crippen molar-refractivity contribution < 1.29 is 17.7 Å². The van der Waals surface area contributed by atoms with Crippen molar-refractivity contribution in [2.45, 2.75) is 6.42 Å². The van der Waals surface area contributed by atoms with Crippen molar-refractivity contribution in [1.29, 1.82) is 0 Å². The number of ether oxygens (including phenoxy) is 1. The molecule has 2 aromatic rings. The first-order valence-electron chi connectivity index (χ1n) is 5.85. The Morgan fingerprint density at radius 1 is 1.21 bits per heavy atom. The van der Waals surface area contributed by atoms with Crippen molar-refractivity contribution in [2.24, 2.45) is 7.05 Å². The first-order chi connectivity index (χ1) is 8.95.